The molecule has 1 unspecified atom stereocenters. The number of amides is 1. The molecule has 92 valence electrons. The number of morpholine rings is 1. The van der Waals surface area contributed by atoms with E-state index in [1.54, 1.807) is 0 Å². The maximum Gasteiger partial charge on any atom is 0.227 e. The molecule has 1 aliphatic rings. The molecule has 2 N–H and O–H groups in total. The van der Waals surface area contributed by atoms with Gasteiger partial charge in [0.25, 0.3) is 0 Å². The van der Waals surface area contributed by atoms with Crippen LogP contribution in [0.25, 0.3) is 0 Å². The average Bonchev–Trinajstić information content (AvgIpc) is 2.33. The molecule has 1 atom stereocenters. The Morgan fingerprint density at radius 1 is 1.47 bits per heavy atom. The fourth-order valence-corrected chi connectivity index (χ4v) is 1.70. The summed E-state index contributed by atoms with van der Waals surface area (Å²) in [5.74, 6) is -0.437. The lowest BCUT2D eigenvalue weighted by Crippen LogP contribution is -2.40. The van der Waals surface area contributed by atoms with Gasteiger partial charge in [-0.05, 0) is 24.3 Å². The molecule has 1 amide bonds. The van der Waals surface area contributed by atoms with Crippen LogP contribution < -0.4 is 10.6 Å². The summed E-state index contributed by atoms with van der Waals surface area (Å²) in [6.45, 7) is 2.15. The molecule has 5 heteroatoms. The quantitative estimate of drug-likeness (QED) is 0.830. The minimum absolute atomic E-state index is 0.0794. The highest BCUT2D eigenvalue weighted by Gasteiger charge is 2.17. The number of benzene rings is 1. The van der Waals surface area contributed by atoms with E-state index in [4.69, 9.17) is 4.74 Å². The smallest absolute Gasteiger partial charge is 0.227 e. The third-order valence-electron chi connectivity index (χ3n) is 2.55. The zero-order valence-corrected chi connectivity index (χ0v) is 9.41. The number of carbonyl (C=O) groups is 1. The Labute approximate surface area is 99.2 Å². The fourth-order valence-electron chi connectivity index (χ4n) is 1.70. The second kappa shape index (κ2) is 5.75. The van der Waals surface area contributed by atoms with E-state index in [2.05, 4.69) is 10.6 Å². The van der Waals surface area contributed by atoms with E-state index in [1.807, 2.05) is 0 Å². The lowest BCUT2D eigenvalue weighted by molar-refractivity contribution is -0.119. The topological polar surface area (TPSA) is 50.4 Å². The number of anilines is 1. The van der Waals surface area contributed by atoms with Crippen LogP contribution in [0, 0.1) is 5.82 Å². The number of hydrogen-bond donors (Lipinski definition) is 2. The van der Waals surface area contributed by atoms with Gasteiger partial charge in [0, 0.05) is 18.8 Å². The van der Waals surface area contributed by atoms with Crippen LogP contribution in [-0.4, -0.2) is 31.7 Å². The summed E-state index contributed by atoms with van der Waals surface area (Å²) in [5, 5.41) is 5.86. The maximum atomic E-state index is 12.7. The average molecular weight is 238 g/mol. The summed E-state index contributed by atoms with van der Waals surface area (Å²) in [5.41, 5.74) is 0.597. The second-order valence-electron chi connectivity index (χ2n) is 3.96. The van der Waals surface area contributed by atoms with E-state index >= 15 is 0 Å². The van der Waals surface area contributed by atoms with Gasteiger partial charge >= 0.3 is 0 Å². The predicted molar refractivity (Wildman–Crippen MR) is 62.3 cm³/mol. The minimum Gasteiger partial charge on any atom is -0.375 e. The second-order valence-corrected chi connectivity index (χ2v) is 3.96. The lowest BCUT2D eigenvalue weighted by atomic mass is 10.2. The molecule has 2 rings (SSSR count). The van der Waals surface area contributed by atoms with Crippen LogP contribution in [0.4, 0.5) is 10.1 Å². The van der Waals surface area contributed by atoms with E-state index in [9.17, 15) is 9.18 Å². The van der Waals surface area contributed by atoms with Gasteiger partial charge in [-0.1, -0.05) is 0 Å². The van der Waals surface area contributed by atoms with Gasteiger partial charge < -0.3 is 15.4 Å². The molecular formula is C12H15FN2O2. The molecular weight excluding hydrogens is 223 g/mol. The maximum absolute atomic E-state index is 12.7. The molecule has 1 aromatic rings. The van der Waals surface area contributed by atoms with Crippen molar-refractivity contribution in [1.29, 1.82) is 0 Å². The Balaban J connectivity index is 1.82. The molecule has 0 radical (unpaired) electrons. The van der Waals surface area contributed by atoms with Crippen LogP contribution in [0.2, 0.25) is 0 Å². The van der Waals surface area contributed by atoms with Gasteiger partial charge in [0.15, 0.2) is 0 Å². The Morgan fingerprint density at radius 3 is 2.88 bits per heavy atom. The first kappa shape index (κ1) is 12.0. The molecule has 1 aliphatic heterocycles. The number of carbonyl (C=O) groups excluding carboxylic acids is 1. The molecule has 0 aromatic heterocycles. The van der Waals surface area contributed by atoms with Crippen LogP contribution in [-0.2, 0) is 9.53 Å². The van der Waals surface area contributed by atoms with Crippen molar-refractivity contribution in [3.8, 4) is 0 Å². The van der Waals surface area contributed by atoms with Crippen molar-refractivity contribution >= 4 is 11.6 Å². The number of rotatable bonds is 3. The molecule has 1 saturated heterocycles. The number of ether oxygens (including phenoxy) is 1. The summed E-state index contributed by atoms with van der Waals surface area (Å²) in [6.07, 6.45) is 0.230. The first-order chi connectivity index (χ1) is 8.24. The summed E-state index contributed by atoms with van der Waals surface area (Å²) in [6, 6.07) is 5.70. The normalized spacial score (nSPS) is 19.9. The molecule has 0 saturated carbocycles. The Hall–Kier alpha value is -1.46. The van der Waals surface area contributed by atoms with Crippen LogP contribution in [0.3, 0.4) is 0 Å². The van der Waals surface area contributed by atoms with Crippen molar-refractivity contribution in [1.82, 2.24) is 5.32 Å². The lowest BCUT2D eigenvalue weighted by Gasteiger charge is -2.23. The van der Waals surface area contributed by atoms with Gasteiger partial charge in [0.1, 0.15) is 5.82 Å². The van der Waals surface area contributed by atoms with Crippen LogP contribution in [0.15, 0.2) is 24.3 Å². The van der Waals surface area contributed by atoms with E-state index in [0.717, 1.165) is 6.54 Å². The van der Waals surface area contributed by atoms with Crippen molar-refractivity contribution in [2.24, 2.45) is 0 Å². The van der Waals surface area contributed by atoms with Gasteiger partial charge in [-0.2, -0.15) is 0 Å². The Morgan fingerprint density at radius 2 is 2.24 bits per heavy atom. The molecule has 0 spiro atoms. The van der Waals surface area contributed by atoms with E-state index in [0.29, 0.717) is 25.3 Å². The van der Waals surface area contributed by atoms with Gasteiger partial charge in [0.2, 0.25) is 5.91 Å². The molecule has 0 bridgehead atoms. The molecule has 4 nitrogen and oxygen atoms in total. The molecule has 1 aromatic carbocycles. The fraction of sp³-hybridized carbons (Fsp3) is 0.417. The zero-order valence-electron chi connectivity index (χ0n) is 9.41. The summed E-state index contributed by atoms with van der Waals surface area (Å²) in [4.78, 5) is 11.7. The van der Waals surface area contributed by atoms with Gasteiger partial charge in [0.05, 0.1) is 19.1 Å². The van der Waals surface area contributed by atoms with Crippen molar-refractivity contribution in [2.75, 3.05) is 25.0 Å². The SMILES string of the molecule is O=C(CC1CNCCO1)Nc1ccc(F)cc1. The summed E-state index contributed by atoms with van der Waals surface area (Å²) < 4.78 is 18.1. The molecule has 17 heavy (non-hydrogen) atoms. The summed E-state index contributed by atoms with van der Waals surface area (Å²) >= 11 is 0. The van der Waals surface area contributed by atoms with Gasteiger partial charge in [-0.15, -0.1) is 0 Å². The van der Waals surface area contributed by atoms with Crippen LogP contribution in [0.1, 0.15) is 6.42 Å². The van der Waals surface area contributed by atoms with Crippen molar-refractivity contribution in [3.63, 3.8) is 0 Å². The molecule has 0 aliphatic carbocycles. The van der Waals surface area contributed by atoms with Crippen molar-refractivity contribution in [2.45, 2.75) is 12.5 Å². The third-order valence-corrected chi connectivity index (χ3v) is 2.55. The van der Waals surface area contributed by atoms with E-state index in [-0.39, 0.29) is 17.8 Å². The first-order valence-electron chi connectivity index (χ1n) is 5.62. The highest BCUT2D eigenvalue weighted by atomic mass is 19.1. The highest BCUT2D eigenvalue weighted by molar-refractivity contribution is 5.90. The predicted octanol–water partition coefficient (Wildman–Crippen LogP) is 1.14. The standard InChI is InChI=1S/C12H15FN2O2/c13-9-1-3-10(4-2-9)15-12(16)7-11-8-14-5-6-17-11/h1-4,11,14H,5-8H2,(H,15,16). The Bertz CT molecular complexity index is 375. The van der Waals surface area contributed by atoms with Crippen LogP contribution >= 0.6 is 0 Å². The third kappa shape index (κ3) is 3.80. The largest absolute Gasteiger partial charge is 0.375 e. The van der Waals surface area contributed by atoms with Crippen molar-refractivity contribution in [3.05, 3.63) is 30.1 Å². The molecule has 1 heterocycles. The van der Waals surface area contributed by atoms with Gasteiger partial charge in [-0.25, -0.2) is 4.39 Å². The monoisotopic (exact) mass is 238 g/mol. The minimum atomic E-state index is -0.317. The van der Waals surface area contributed by atoms with Gasteiger partial charge in [-0.3, -0.25) is 4.79 Å². The van der Waals surface area contributed by atoms with Crippen LogP contribution in [0.5, 0.6) is 0 Å². The van der Waals surface area contributed by atoms with E-state index in [1.165, 1.54) is 24.3 Å². The number of hydrogen-bond acceptors (Lipinski definition) is 3. The number of nitrogens with one attached hydrogen (secondary N) is 2. The Kier molecular flexibility index (Phi) is 4.06. The van der Waals surface area contributed by atoms with Crippen molar-refractivity contribution < 1.29 is 13.9 Å². The van der Waals surface area contributed by atoms with E-state index < -0.39 is 0 Å². The highest BCUT2D eigenvalue weighted by Crippen LogP contribution is 2.10. The number of halogens is 1. The summed E-state index contributed by atoms with van der Waals surface area (Å²) in [7, 11) is 0. The zero-order chi connectivity index (χ0) is 12.1. The molecule has 1 fully saturated rings. The first-order valence-corrected chi connectivity index (χ1v) is 5.62.